The number of rotatable bonds is 3. The first-order valence-corrected chi connectivity index (χ1v) is 5.36. The van der Waals surface area contributed by atoms with Crippen molar-refractivity contribution in [2.75, 3.05) is 7.05 Å². The molecule has 2 rings (SSSR count). The summed E-state index contributed by atoms with van der Waals surface area (Å²) < 4.78 is 4.92. The van der Waals surface area contributed by atoms with Gasteiger partial charge in [0.2, 0.25) is 0 Å². The number of phenols is 2. The third kappa shape index (κ3) is 2.45. The average Bonchev–Trinajstić information content (AvgIpc) is 2.81. The second kappa shape index (κ2) is 4.83. The zero-order valence-corrected chi connectivity index (χ0v) is 9.83. The molecule has 0 aliphatic rings. The monoisotopic (exact) mass is 247 g/mol. The summed E-state index contributed by atoms with van der Waals surface area (Å²) in [6.07, 6.45) is 3.09. The summed E-state index contributed by atoms with van der Waals surface area (Å²) in [7, 11) is 1.63. The number of aromatic hydroxyl groups is 2. The lowest BCUT2D eigenvalue weighted by molar-refractivity contribution is 0.0782. The Morgan fingerprint density at radius 1 is 1.33 bits per heavy atom. The van der Waals surface area contributed by atoms with E-state index < -0.39 is 0 Å². The van der Waals surface area contributed by atoms with Crippen molar-refractivity contribution in [3.8, 4) is 11.5 Å². The zero-order chi connectivity index (χ0) is 13.1. The van der Waals surface area contributed by atoms with Gasteiger partial charge in [0.15, 0.2) is 0 Å². The molecule has 0 atom stereocenters. The molecule has 94 valence electrons. The fourth-order valence-electron chi connectivity index (χ4n) is 1.63. The van der Waals surface area contributed by atoms with Gasteiger partial charge in [-0.2, -0.15) is 0 Å². The Morgan fingerprint density at radius 2 is 2.11 bits per heavy atom. The van der Waals surface area contributed by atoms with Crippen LogP contribution in [0.1, 0.15) is 15.9 Å². The fourth-order valence-corrected chi connectivity index (χ4v) is 1.63. The van der Waals surface area contributed by atoms with Gasteiger partial charge in [-0.3, -0.25) is 4.79 Å². The van der Waals surface area contributed by atoms with Gasteiger partial charge in [-0.05, 0) is 18.2 Å². The van der Waals surface area contributed by atoms with Crippen LogP contribution >= 0.6 is 0 Å². The first-order chi connectivity index (χ1) is 8.58. The van der Waals surface area contributed by atoms with Gasteiger partial charge in [0.1, 0.15) is 11.5 Å². The lowest BCUT2D eigenvalue weighted by Crippen LogP contribution is -2.26. The van der Waals surface area contributed by atoms with E-state index in [1.165, 1.54) is 23.3 Å². The topological polar surface area (TPSA) is 73.9 Å². The molecule has 0 saturated carbocycles. The van der Waals surface area contributed by atoms with Crippen LogP contribution in [-0.4, -0.2) is 28.1 Å². The van der Waals surface area contributed by atoms with E-state index in [1.54, 1.807) is 19.4 Å². The molecule has 1 heterocycles. The van der Waals surface area contributed by atoms with Gasteiger partial charge < -0.3 is 19.5 Å². The lowest BCUT2D eigenvalue weighted by atomic mass is 10.1. The quantitative estimate of drug-likeness (QED) is 0.869. The van der Waals surface area contributed by atoms with Gasteiger partial charge in [-0.1, -0.05) is 0 Å². The molecule has 1 aromatic heterocycles. The molecule has 0 fully saturated rings. The van der Waals surface area contributed by atoms with Crippen LogP contribution in [0, 0.1) is 0 Å². The molecular weight excluding hydrogens is 234 g/mol. The molecule has 2 N–H and O–H groups in total. The smallest absolute Gasteiger partial charge is 0.257 e. The third-order valence-electron chi connectivity index (χ3n) is 2.56. The molecule has 1 aromatic carbocycles. The Bertz CT molecular complexity index is 548. The minimum atomic E-state index is -0.325. The maximum Gasteiger partial charge on any atom is 0.257 e. The summed E-state index contributed by atoms with van der Waals surface area (Å²) >= 11 is 0. The van der Waals surface area contributed by atoms with Crippen molar-refractivity contribution in [1.29, 1.82) is 0 Å². The van der Waals surface area contributed by atoms with Crippen molar-refractivity contribution in [3.63, 3.8) is 0 Å². The summed E-state index contributed by atoms with van der Waals surface area (Å²) in [6.45, 7) is 0.385. The van der Waals surface area contributed by atoms with Crippen LogP contribution < -0.4 is 0 Å². The van der Waals surface area contributed by atoms with Crippen molar-refractivity contribution in [3.05, 3.63) is 47.9 Å². The van der Waals surface area contributed by atoms with E-state index in [0.717, 1.165) is 11.6 Å². The number of hydrogen-bond donors (Lipinski definition) is 2. The second-order valence-corrected chi connectivity index (χ2v) is 3.99. The minimum Gasteiger partial charge on any atom is -0.508 e. The summed E-state index contributed by atoms with van der Waals surface area (Å²) in [5, 5.41) is 18.8. The van der Waals surface area contributed by atoms with Crippen LogP contribution in [0.3, 0.4) is 0 Å². The Balaban J connectivity index is 2.15. The number of nitrogens with zero attached hydrogens (tertiary/aromatic N) is 1. The molecule has 0 unspecified atom stereocenters. The van der Waals surface area contributed by atoms with Crippen molar-refractivity contribution in [2.24, 2.45) is 0 Å². The summed E-state index contributed by atoms with van der Waals surface area (Å²) in [6, 6.07) is 5.65. The van der Waals surface area contributed by atoms with Crippen LogP contribution in [0.2, 0.25) is 0 Å². The van der Waals surface area contributed by atoms with Gasteiger partial charge >= 0.3 is 0 Å². The molecule has 5 heteroatoms. The number of amides is 1. The molecule has 0 spiro atoms. The maximum atomic E-state index is 12.1. The maximum absolute atomic E-state index is 12.1. The standard InChI is InChI=1S/C13H13NO4/c1-14(7-9-4-5-18-8-9)13(17)11-3-2-10(15)6-12(11)16/h2-6,8,15-16H,7H2,1H3. The van der Waals surface area contributed by atoms with Gasteiger partial charge in [0.05, 0.1) is 18.1 Å². The van der Waals surface area contributed by atoms with E-state index in [4.69, 9.17) is 9.52 Å². The SMILES string of the molecule is CN(Cc1ccoc1)C(=O)c1ccc(O)cc1O. The highest BCUT2D eigenvalue weighted by Crippen LogP contribution is 2.24. The van der Waals surface area contributed by atoms with E-state index in [0.29, 0.717) is 6.54 Å². The molecular formula is C13H13NO4. The predicted octanol–water partition coefficient (Wildman–Crippen LogP) is 1.96. The molecule has 18 heavy (non-hydrogen) atoms. The number of carbonyl (C=O) groups excluding carboxylic acids is 1. The fraction of sp³-hybridized carbons (Fsp3) is 0.154. The largest absolute Gasteiger partial charge is 0.508 e. The number of hydrogen-bond acceptors (Lipinski definition) is 4. The van der Waals surface area contributed by atoms with E-state index >= 15 is 0 Å². The second-order valence-electron chi connectivity index (χ2n) is 3.99. The molecule has 0 bridgehead atoms. The van der Waals surface area contributed by atoms with Crippen LogP contribution in [0.15, 0.2) is 41.2 Å². The number of benzene rings is 1. The Kier molecular flexibility index (Phi) is 3.23. The van der Waals surface area contributed by atoms with E-state index in [2.05, 4.69) is 0 Å². The lowest BCUT2D eigenvalue weighted by Gasteiger charge is -2.16. The van der Waals surface area contributed by atoms with E-state index in [9.17, 15) is 9.90 Å². The normalized spacial score (nSPS) is 10.3. The van der Waals surface area contributed by atoms with Crippen molar-refractivity contribution in [2.45, 2.75) is 6.54 Å². The van der Waals surface area contributed by atoms with Gasteiger partial charge in [-0.25, -0.2) is 0 Å². The third-order valence-corrected chi connectivity index (χ3v) is 2.56. The molecule has 1 amide bonds. The minimum absolute atomic E-state index is 0.0819. The van der Waals surface area contributed by atoms with Crippen molar-refractivity contribution in [1.82, 2.24) is 4.90 Å². The predicted molar refractivity (Wildman–Crippen MR) is 64.3 cm³/mol. The van der Waals surface area contributed by atoms with E-state index in [-0.39, 0.29) is 23.0 Å². The summed E-state index contributed by atoms with van der Waals surface area (Å²) in [4.78, 5) is 13.5. The molecule has 0 saturated heterocycles. The Morgan fingerprint density at radius 3 is 2.72 bits per heavy atom. The van der Waals surface area contributed by atoms with Crippen molar-refractivity contribution < 1.29 is 19.4 Å². The molecule has 0 aliphatic heterocycles. The summed E-state index contributed by atoms with van der Waals surface area (Å²) in [5.41, 5.74) is 1.02. The highest BCUT2D eigenvalue weighted by molar-refractivity contribution is 5.96. The average molecular weight is 247 g/mol. The number of carbonyl (C=O) groups is 1. The highest BCUT2D eigenvalue weighted by Gasteiger charge is 2.16. The first kappa shape index (κ1) is 12.0. The van der Waals surface area contributed by atoms with Gasteiger partial charge in [0, 0.05) is 25.2 Å². The van der Waals surface area contributed by atoms with Gasteiger partial charge in [-0.15, -0.1) is 0 Å². The van der Waals surface area contributed by atoms with Gasteiger partial charge in [0.25, 0.3) is 5.91 Å². The number of furan rings is 1. The highest BCUT2D eigenvalue weighted by atomic mass is 16.3. The zero-order valence-electron chi connectivity index (χ0n) is 9.83. The van der Waals surface area contributed by atoms with Crippen molar-refractivity contribution >= 4 is 5.91 Å². The van der Waals surface area contributed by atoms with Crippen LogP contribution in [0.25, 0.3) is 0 Å². The molecule has 2 aromatic rings. The van der Waals surface area contributed by atoms with Crippen LogP contribution in [-0.2, 0) is 6.54 Å². The molecule has 0 radical (unpaired) electrons. The van der Waals surface area contributed by atoms with Crippen LogP contribution in [0.4, 0.5) is 0 Å². The van der Waals surface area contributed by atoms with E-state index in [1.807, 2.05) is 0 Å². The molecule has 5 nitrogen and oxygen atoms in total. The van der Waals surface area contributed by atoms with Crippen LogP contribution in [0.5, 0.6) is 11.5 Å². The first-order valence-electron chi connectivity index (χ1n) is 5.36. The number of phenolic OH excluding ortho intramolecular Hbond substituents is 2. The summed E-state index contributed by atoms with van der Waals surface area (Å²) in [5.74, 6) is -0.644. The Hall–Kier alpha value is -2.43. The Labute approximate surface area is 104 Å². The molecule has 0 aliphatic carbocycles.